The summed E-state index contributed by atoms with van der Waals surface area (Å²) in [5.41, 5.74) is 2.70. The van der Waals surface area contributed by atoms with E-state index in [1.165, 1.54) is 0 Å². The molecule has 0 unspecified atom stereocenters. The van der Waals surface area contributed by atoms with Gasteiger partial charge in [-0.3, -0.25) is 4.98 Å². The molecule has 0 aliphatic heterocycles. The smallest absolute Gasteiger partial charge is 0.270 e. The average molecular weight is 280 g/mol. The highest BCUT2D eigenvalue weighted by atomic mass is 19.1. The van der Waals surface area contributed by atoms with Gasteiger partial charge in [0.1, 0.15) is 5.75 Å². The van der Waals surface area contributed by atoms with Crippen molar-refractivity contribution >= 4 is 22.3 Å². The lowest BCUT2D eigenvalue weighted by Crippen LogP contribution is -1.92. The number of fused-ring (bicyclic) bond motifs is 1. The van der Waals surface area contributed by atoms with Crippen LogP contribution in [0.5, 0.6) is 5.75 Å². The average Bonchev–Trinajstić information content (AvgIpc) is 2.49. The Morgan fingerprint density at radius 3 is 2.57 bits per heavy atom. The second-order valence-electron chi connectivity index (χ2n) is 4.52. The summed E-state index contributed by atoms with van der Waals surface area (Å²) in [4.78, 5) is 4.39. The first-order chi connectivity index (χ1) is 10.2. The zero-order chi connectivity index (χ0) is 14.7. The monoisotopic (exact) mass is 280 g/mol. The number of hydrogen-bond acceptors (Lipinski definition) is 3. The standard InChI is InChI=1S/C17H13FN2O/c1-12(18)21-16-8-6-14(7-9-16)20-15-10-13-4-2-3-5-17(13)19-11-15/h2-11,20H,1H2. The lowest BCUT2D eigenvalue weighted by atomic mass is 10.2. The normalized spacial score (nSPS) is 10.3. The molecule has 3 aromatic rings. The lowest BCUT2D eigenvalue weighted by molar-refractivity contribution is 0.305. The van der Waals surface area contributed by atoms with Crippen LogP contribution >= 0.6 is 0 Å². The van der Waals surface area contributed by atoms with E-state index in [4.69, 9.17) is 4.74 Å². The van der Waals surface area contributed by atoms with Crippen molar-refractivity contribution in [1.82, 2.24) is 4.98 Å². The van der Waals surface area contributed by atoms with Crippen molar-refractivity contribution in [3.63, 3.8) is 0 Å². The van der Waals surface area contributed by atoms with E-state index in [1.807, 2.05) is 30.3 Å². The van der Waals surface area contributed by atoms with Crippen molar-refractivity contribution in [3.8, 4) is 5.75 Å². The number of rotatable bonds is 4. The van der Waals surface area contributed by atoms with Crippen LogP contribution < -0.4 is 10.1 Å². The molecule has 0 spiro atoms. The SMILES string of the molecule is C=C(F)Oc1ccc(Nc2cnc3ccccc3c2)cc1. The zero-order valence-corrected chi connectivity index (χ0v) is 11.2. The summed E-state index contributed by atoms with van der Waals surface area (Å²) in [6.07, 6.45) is 1.77. The number of ether oxygens (including phenoxy) is 1. The summed E-state index contributed by atoms with van der Waals surface area (Å²) in [6.45, 7) is 3.06. The number of benzene rings is 2. The van der Waals surface area contributed by atoms with Crippen LogP contribution in [0, 0.1) is 0 Å². The molecule has 0 fully saturated rings. The molecule has 1 aromatic heterocycles. The van der Waals surface area contributed by atoms with Crippen molar-refractivity contribution in [1.29, 1.82) is 0 Å². The van der Waals surface area contributed by atoms with Crippen LogP contribution in [0.2, 0.25) is 0 Å². The molecule has 4 heteroatoms. The van der Waals surface area contributed by atoms with Gasteiger partial charge in [0.25, 0.3) is 6.01 Å². The van der Waals surface area contributed by atoms with E-state index < -0.39 is 6.01 Å². The third-order valence-electron chi connectivity index (χ3n) is 2.96. The van der Waals surface area contributed by atoms with Gasteiger partial charge < -0.3 is 10.1 Å². The maximum absolute atomic E-state index is 12.5. The Morgan fingerprint density at radius 1 is 1.05 bits per heavy atom. The molecule has 0 aliphatic carbocycles. The first kappa shape index (κ1) is 13.1. The molecular formula is C17H13FN2O. The van der Waals surface area contributed by atoms with E-state index in [2.05, 4.69) is 16.9 Å². The fourth-order valence-electron chi connectivity index (χ4n) is 2.04. The van der Waals surface area contributed by atoms with Crippen LogP contribution in [0.4, 0.5) is 15.8 Å². The van der Waals surface area contributed by atoms with Gasteiger partial charge in [-0.1, -0.05) is 18.2 Å². The number of hydrogen-bond donors (Lipinski definition) is 1. The molecule has 3 nitrogen and oxygen atoms in total. The Labute approximate surface area is 121 Å². The summed E-state index contributed by atoms with van der Waals surface area (Å²) in [5.74, 6) is 0.407. The predicted octanol–water partition coefficient (Wildman–Crippen LogP) is 4.80. The number of halogens is 1. The number of nitrogens with one attached hydrogen (secondary N) is 1. The largest absolute Gasteiger partial charge is 0.432 e. The van der Waals surface area contributed by atoms with Gasteiger partial charge >= 0.3 is 0 Å². The van der Waals surface area contributed by atoms with Crippen LogP contribution in [0.1, 0.15) is 0 Å². The van der Waals surface area contributed by atoms with E-state index in [1.54, 1.807) is 30.5 Å². The fraction of sp³-hybridized carbons (Fsp3) is 0. The molecule has 0 aliphatic rings. The number of pyridine rings is 1. The molecule has 0 radical (unpaired) electrons. The molecule has 104 valence electrons. The van der Waals surface area contributed by atoms with E-state index >= 15 is 0 Å². The Balaban J connectivity index is 1.79. The molecule has 0 atom stereocenters. The van der Waals surface area contributed by atoms with Gasteiger partial charge in [-0.25, -0.2) is 0 Å². The maximum Gasteiger partial charge on any atom is 0.270 e. The van der Waals surface area contributed by atoms with E-state index in [0.29, 0.717) is 5.75 Å². The Morgan fingerprint density at radius 2 is 1.81 bits per heavy atom. The highest BCUT2D eigenvalue weighted by Crippen LogP contribution is 2.23. The Bertz CT molecular complexity index is 784. The van der Waals surface area contributed by atoms with Crippen LogP contribution in [0.15, 0.2) is 73.4 Å². The molecular weight excluding hydrogens is 267 g/mol. The molecule has 0 amide bonds. The Hall–Kier alpha value is -2.88. The van der Waals surface area contributed by atoms with Crippen molar-refractivity contribution in [2.75, 3.05) is 5.32 Å². The second kappa shape index (κ2) is 5.63. The minimum atomic E-state index is -0.825. The van der Waals surface area contributed by atoms with Crippen molar-refractivity contribution in [2.24, 2.45) is 0 Å². The van der Waals surface area contributed by atoms with Gasteiger partial charge in [0, 0.05) is 11.1 Å². The van der Waals surface area contributed by atoms with Crippen LogP contribution in [0.25, 0.3) is 10.9 Å². The van der Waals surface area contributed by atoms with Gasteiger partial charge in [-0.15, -0.1) is 0 Å². The molecule has 1 N–H and O–H groups in total. The number of nitrogens with zero attached hydrogens (tertiary/aromatic N) is 1. The minimum absolute atomic E-state index is 0.407. The first-order valence-corrected chi connectivity index (χ1v) is 6.45. The number of anilines is 2. The van der Waals surface area contributed by atoms with E-state index in [0.717, 1.165) is 22.3 Å². The Kier molecular flexibility index (Phi) is 3.51. The number of aromatic nitrogens is 1. The fourth-order valence-corrected chi connectivity index (χ4v) is 2.04. The van der Waals surface area contributed by atoms with Gasteiger partial charge in [0.2, 0.25) is 0 Å². The van der Waals surface area contributed by atoms with Crippen LogP contribution in [0.3, 0.4) is 0 Å². The maximum atomic E-state index is 12.5. The summed E-state index contributed by atoms with van der Waals surface area (Å²) in [6, 6.07) is 16.0. The topological polar surface area (TPSA) is 34.1 Å². The highest BCUT2D eigenvalue weighted by molar-refractivity contribution is 5.82. The molecule has 1 heterocycles. The molecule has 3 rings (SSSR count). The lowest BCUT2D eigenvalue weighted by Gasteiger charge is -2.08. The molecule has 0 saturated carbocycles. The zero-order valence-electron chi connectivity index (χ0n) is 11.2. The summed E-state index contributed by atoms with van der Waals surface area (Å²) in [7, 11) is 0. The highest BCUT2D eigenvalue weighted by Gasteiger charge is 2.00. The van der Waals surface area contributed by atoms with Crippen LogP contribution in [-0.4, -0.2) is 4.98 Å². The van der Waals surface area contributed by atoms with Crippen molar-refractivity contribution in [2.45, 2.75) is 0 Å². The van der Waals surface area contributed by atoms with Gasteiger partial charge in [-0.05, 0) is 43.0 Å². The van der Waals surface area contributed by atoms with E-state index in [-0.39, 0.29) is 0 Å². The third-order valence-corrected chi connectivity index (χ3v) is 2.96. The minimum Gasteiger partial charge on any atom is -0.432 e. The predicted molar refractivity (Wildman–Crippen MR) is 82.3 cm³/mol. The third kappa shape index (κ3) is 3.17. The summed E-state index contributed by atoms with van der Waals surface area (Å²) >= 11 is 0. The molecule has 0 saturated heterocycles. The summed E-state index contributed by atoms with van der Waals surface area (Å²) in [5, 5.41) is 4.31. The van der Waals surface area contributed by atoms with Crippen molar-refractivity contribution < 1.29 is 9.13 Å². The number of para-hydroxylation sites is 1. The summed E-state index contributed by atoms with van der Waals surface area (Å²) < 4.78 is 17.3. The van der Waals surface area contributed by atoms with Crippen molar-refractivity contribution in [3.05, 3.63) is 73.4 Å². The molecule has 2 aromatic carbocycles. The second-order valence-corrected chi connectivity index (χ2v) is 4.52. The van der Waals surface area contributed by atoms with Gasteiger partial charge in [0.15, 0.2) is 0 Å². The molecule has 21 heavy (non-hydrogen) atoms. The molecule has 0 bridgehead atoms. The van der Waals surface area contributed by atoms with Gasteiger partial charge in [0.05, 0.1) is 17.4 Å². The van der Waals surface area contributed by atoms with E-state index in [9.17, 15) is 4.39 Å². The first-order valence-electron chi connectivity index (χ1n) is 6.45. The van der Waals surface area contributed by atoms with Crippen LogP contribution in [-0.2, 0) is 0 Å². The van der Waals surface area contributed by atoms with Gasteiger partial charge in [-0.2, -0.15) is 4.39 Å². The quantitative estimate of drug-likeness (QED) is 0.697.